The molecule has 0 bridgehead atoms. The summed E-state index contributed by atoms with van der Waals surface area (Å²) < 4.78 is 7.14. The maximum atomic E-state index is 11.5. The number of hydrogen-bond acceptors (Lipinski definition) is 5. The molecule has 0 fully saturated rings. The zero-order valence-electron chi connectivity index (χ0n) is 15.9. The normalized spacial score (nSPS) is 11.2. The van der Waals surface area contributed by atoms with Gasteiger partial charge < -0.3 is 9.30 Å². The van der Waals surface area contributed by atoms with Crippen molar-refractivity contribution in [2.24, 2.45) is 17.3 Å². The molecule has 1 heterocycles. The van der Waals surface area contributed by atoms with Crippen LogP contribution in [-0.2, 0) is 7.05 Å². The molecule has 0 saturated heterocycles. The van der Waals surface area contributed by atoms with Crippen LogP contribution in [0.4, 0.5) is 17.1 Å². The van der Waals surface area contributed by atoms with E-state index in [4.69, 9.17) is 4.74 Å². The topological polar surface area (TPSA) is 82.0 Å². The first kappa shape index (κ1) is 18.4. The van der Waals surface area contributed by atoms with Gasteiger partial charge in [0.05, 0.1) is 29.3 Å². The number of aromatic nitrogens is 1. The molecule has 0 saturated carbocycles. The SMILES string of the molecule is COc1ccc(N=Nc2c(-c3ccccc3)n(C)c3ccccc23)c([N+](=O)[O-])c1. The average Bonchev–Trinajstić information content (AvgIpc) is 3.04. The summed E-state index contributed by atoms with van der Waals surface area (Å²) in [5.74, 6) is 0.394. The fraction of sp³-hybridized carbons (Fsp3) is 0.0909. The number of azo groups is 1. The molecule has 7 nitrogen and oxygen atoms in total. The molecular weight excluding hydrogens is 368 g/mol. The molecule has 0 radical (unpaired) electrons. The van der Waals surface area contributed by atoms with Crippen LogP contribution < -0.4 is 4.74 Å². The third kappa shape index (κ3) is 3.34. The van der Waals surface area contributed by atoms with Crippen molar-refractivity contribution < 1.29 is 9.66 Å². The van der Waals surface area contributed by atoms with Gasteiger partial charge in [0.1, 0.15) is 11.4 Å². The zero-order chi connectivity index (χ0) is 20.4. The van der Waals surface area contributed by atoms with E-state index in [0.29, 0.717) is 11.4 Å². The Morgan fingerprint density at radius 2 is 1.69 bits per heavy atom. The van der Waals surface area contributed by atoms with Gasteiger partial charge in [-0.2, -0.15) is 0 Å². The van der Waals surface area contributed by atoms with E-state index in [1.165, 1.54) is 19.2 Å². The van der Waals surface area contributed by atoms with E-state index in [0.717, 1.165) is 22.2 Å². The molecule has 0 aliphatic carbocycles. The van der Waals surface area contributed by atoms with E-state index >= 15 is 0 Å². The average molecular weight is 386 g/mol. The molecule has 0 spiro atoms. The van der Waals surface area contributed by atoms with Gasteiger partial charge in [-0.15, -0.1) is 10.2 Å². The molecule has 0 aliphatic heterocycles. The van der Waals surface area contributed by atoms with Crippen molar-refractivity contribution >= 4 is 28.0 Å². The van der Waals surface area contributed by atoms with Crippen LogP contribution in [0.25, 0.3) is 22.2 Å². The molecule has 144 valence electrons. The minimum atomic E-state index is -0.488. The molecule has 4 rings (SSSR count). The molecule has 7 heteroatoms. The first-order valence-electron chi connectivity index (χ1n) is 8.97. The highest BCUT2D eigenvalue weighted by atomic mass is 16.6. The van der Waals surface area contributed by atoms with Crippen LogP contribution in [-0.4, -0.2) is 16.6 Å². The highest BCUT2D eigenvalue weighted by Gasteiger charge is 2.18. The third-order valence-corrected chi connectivity index (χ3v) is 4.76. The third-order valence-electron chi connectivity index (χ3n) is 4.76. The fourth-order valence-electron chi connectivity index (χ4n) is 3.37. The minimum Gasteiger partial charge on any atom is -0.496 e. The highest BCUT2D eigenvalue weighted by Crippen LogP contribution is 2.41. The van der Waals surface area contributed by atoms with Crippen LogP contribution in [0.15, 0.2) is 83.0 Å². The van der Waals surface area contributed by atoms with E-state index in [1.54, 1.807) is 6.07 Å². The van der Waals surface area contributed by atoms with Gasteiger partial charge >= 0.3 is 0 Å². The molecule has 4 aromatic rings. The molecular formula is C22H18N4O3. The summed E-state index contributed by atoms with van der Waals surface area (Å²) >= 11 is 0. The summed E-state index contributed by atoms with van der Waals surface area (Å²) in [6.07, 6.45) is 0. The van der Waals surface area contributed by atoms with Crippen molar-refractivity contribution in [2.75, 3.05) is 7.11 Å². The van der Waals surface area contributed by atoms with Gasteiger partial charge in [0.25, 0.3) is 5.69 Å². The van der Waals surface area contributed by atoms with E-state index in [-0.39, 0.29) is 11.4 Å². The number of para-hydroxylation sites is 1. The molecule has 0 atom stereocenters. The summed E-state index contributed by atoms with van der Waals surface area (Å²) in [5.41, 5.74) is 3.57. The van der Waals surface area contributed by atoms with Gasteiger partial charge in [-0.3, -0.25) is 10.1 Å². The van der Waals surface area contributed by atoms with Crippen molar-refractivity contribution in [3.05, 3.63) is 82.9 Å². The molecule has 0 aliphatic rings. The van der Waals surface area contributed by atoms with Crippen molar-refractivity contribution in [1.82, 2.24) is 4.57 Å². The second kappa shape index (κ2) is 7.55. The number of methoxy groups -OCH3 is 1. The van der Waals surface area contributed by atoms with Gasteiger partial charge in [-0.25, -0.2) is 0 Å². The van der Waals surface area contributed by atoms with E-state index < -0.39 is 4.92 Å². The van der Waals surface area contributed by atoms with E-state index in [1.807, 2.05) is 61.6 Å². The maximum Gasteiger partial charge on any atom is 0.300 e. The number of hydrogen-bond donors (Lipinski definition) is 0. The Bertz CT molecular complexity index is 1230. The Morgan fingerprint density at radius 3 is 2.41 bits per heavy atom. The predicted molar refractivity (Wildman–Crippen MR) is 112 cm³/mol. The number of benzene rings is 3. The minimum absolute atomic E-state index is 0.158. The number of ether oxygens (including phenoxy) is 1. The van der Waals surface area contributed by atoms with Crippen LogP contribution in [0.1, 0.15) is 0 Å². The largest absolute Gasteiger partial charge is 0.496 e. The predicted octanol–water partition coefficient (Wildman–Crippen LogP) is 6.18. The zero-order valence-corrected chi connectivity index (χ0v) is 15.9. The Balaban J connectivity index is 1.90. The quantitative estimate of drug-likeness (QED) is 0.233. The van der Waals surface area contributed by atoms with Crippen LogP contribution >= 0.6 is 0 Å². The molecule has 29 heavy (non-hydrogen) atoms. The van der Waals surface area contributed by atoms with Crippen molar-refractivity contribution in [2.45, 2.75) is 0 Å². The van der Waals surface area contributed by atoms with Crippen LogP contribution in [0, 0.1) is 10.1 Å². The van der Waals surface area contributed by atoms with Gasteiger partial charge in [-0.05, 0) is 18.2 Å². The highest BCUT2D eigenvalue weighted by molar-refractivity contribution is 6.00. The number of fused-ring (bicyclic) bond motifs is 1. The smallest absolute Gasteiger partial charge is 0.300 e. The first-order valence-corrected chi connectivity index (χ1v) is 8.97. The summed E-state index contributed by atoms with van der Waals surface area (Å²) in [7, 11) is 3.43. The maximum absolute atomic E-state index is 11.5. The lowest BCUT2D eigenvalue weighted by molar-refractivity contribution is -0.384. The summed E-state index contributed by atoms with van der Waals surface area (Å²) in [6.45, 7) is 0. The number of aryl methyl sites for hydroxylation is 1. The van der Waals surface area contributed by atoms with Gasteiger partial charge in [0, 0.05) is 18.0 Å². The molecule has 0 amide bonds. The standard InChI is InChI=1S/C22H18N4O3/c1-25-19-11-7-6-10-17(19)21(22(25)15-8-4-3-5-9-15)24-23-18-13-12-16(29-2)14-20(18)26(27)28/h3-14H,1-2H3. The summed E-state index contributed by atoms with van der Waals surface area (Å²) in [5, 5.41) is 21.1. The van der Waals surface area contributed by atoms with Gasteiger partial charge in [0.15, 0.2) is 5.69 Å². The van der Waals surface area contributed by atoms with Crippen LogP contribution in [0.2, 0.25) is 0 Å². The molecule has 3 aromatic carbocycles. The second-order valence-corrected chi connectivity index (χ2v) is 6.45. The monoisotopic (exact) mass is 386 g/mol. The Labute approximate surface area is 167 Å². The lowest BCUT2D eigenvalue weighted by Crippen LogP contribution is -1.91. The van der Waals surface area contributed by atoms with E-state index in [2.05, 4.69) is 14.8 Å². The molecule has 0 N–H and O–H groups in total. The first-order chi connectivity index (χ1) is 14.1. The van der Waals surface area contributed by atoms with Crippen molar-refractivity contribution in [3.63, 3.8) is 0 Å². The van der Waals surface area contributed by atoms with Gasteiger partial charge in [0.2, 0.25) is 0 Å². The lowest BCUT2D eigenvalue weighted by atomic mass is 10.1. The summed E-state index contributed by atoms with van der Waals surface area (Å²) in [4.78, 5) is 11.0. The van der Waals surface area contributed by atoms with Crippen LogP contribution in [0.5, 0.6) is 5.75 Å². The van der Waals surface area contributed by atoms with Crippen LogP contribution in [0.3, 0.4) is 0 Å². The van der Waals surface area contributed by atoms with Crippen molar-refractivity contribution in [3.8, 4) is 17.0 Å². The second-order valence-electron chi connectivity index (χ2n) is 6.45. The molecule has 1 aromatic heterocycles. The Kier molecular flexibility index (Phi) is 4.78. The number of nitro groups is 1. The Morgan fingerprint density at radius 1 is 0.966 bits per heavy atom. The lowest BCUT2D eigenvalue weighted by Gasteiger charge is -2.05. The number of nitro benzene ring substituents is 1. The van der Waals surface area contributed by atoms with Crippen molar-refractivity contribution in [1.29, 1.82) is 0 Å². The van der Waals surface area contributed by atoms with Gasteiger partial charge in [-0.1, -0.05) is 48.5 Å². The molecule has 0 unspecified atom stereocenters. The Hall–Kier alpha value is -4.00. The number of rotatable bonds is 5. The fourth-order valence-corrected chi connectivity index (χ4v) is 3.37. The summed E-state index contributed by atoms with van der Waals surface area (Å²) in [6, 6.07) is 22.3. The number of nitrogens with zero attached hydrogens (tertiary/aromatic N) is 4. The van der Waals surface area contributed by atoms with E-state index in [9.17, 15) is 10.1 Å².